The molecular weight excluding hydrogens is 473 g/mol. The van der Waals surface area contributed by atoms with Crippen LogP contribution in [0.15, 0.2) is 57.8 Å². The second-order valence-corrected chi connectivity index (χ2v) is 10.7. The van der Waals surface area contributed by atoms with E-state index in [1.807, 2.05) is 6.08 Å². The highest BCUT2D eigenvalue weighted by Gasteiger charge is 2.38. The molecule has 30 heavy (non-hydrogen) atoms. The smallest absolute Gasteiger partial charge is 0.297 e. The quantitative estimate of drug-likeness (QED) is 0.489. The number of rotatable bonds is 5. The summed E-state index contributed by atoms with van der Waals surface area (Å²) < 4.78 is 59.1. The van der Waals surface area contributed by atoms with E-state index in [4.69, 9.17) is 0 Å². The van der Waals surface area contributed by atoms with Crippen LogP contribution in [-0.4, -0.2) is 57.7 Å². The molecule has 12 heteroatoms. The number of allylic oxidation sites excluding steroid dienone is 5. The van der Waals surface area contributed by atoms with Gasteiger partial charge in [0.05, 0.1) is 17.5 Å². The summed E-state index contributed by atoms with van der Waals surface area (Å²) in [5.41, 5.74) is 0.537. The van der Waals surface area contributed by atoms with Gasteiger partial charge in [0.2, 0.25) is 0 Å². The monoisotopic (exact) mass is 497 g/mol. The first-order valence-corrected chi connectivity index (χ1v) is 12.4. The van der Waals surface area contributed by atoms with Gasteiger partial charge in [-0.05, 0) is 55.7 Å². The van der Waals surface area contributed by atoms with Crippen molar-refractivity contribution >= 4 is 44.8 Å². The van der Waals surface area contributed by atoms with E-state index in [0.717, 1.165) is 37.2 Å². The van der Waals surface area contributed by atoms with E-state index in [0.29, 0.717) is 12.2 Å². The van der Waals surface area contributed by atoms with Crippen LogP contribution in [0, 0.1) is 5.92 Å². The Morgan fingerprint density at radius 2 is 1.87 bits per heavy atom. The number of hydrogen-bond donors (Lipinski definition) is 3. The summed E-state index contributed by atoms with van der Waals surface area (Å²) in [6.07, 6.45) is 9.71. The van der Waals surface area contributed by atoms with E-state index in [-0.39, 0.29) is 53.0 Å². The Balaban J connectivity index is 0.00000160. The lowest BCUT2D eigenvalue weighted by molar-refractivity contribution is 0.402. The molecule has 8 nitrogen and oxygen atoms in total. The van der Waals surface area contributed by atoms with Gasteiger partial charge in [-0.15, -0.1) is 24.8 Å². The van der Waals surface area contributed by atoms with Gasteiger partial charge in [0.15, 0.2) is 9.84 Å². The molecule has 0 aliphatic carbocycles. The third-order valence-electron chi connectivity index (χ3n) is 5.36. The molecule has 0 amide bonds. The lowest BCUT2D eigenvalue weighted by Gasteiger charge is -2.33. The van der Waals surface area contributed by atoms with Crippen LogP contribution in [0.3, 0.4) is 0 Å². The minimum Gasteiger partial charge on any atom is -0.369 e. The largest absolute Gasteiger partial charge is 0.369 e. The van der Waals surface area contributed by atoms with Gasteiger partial charge < -0.3 is 15.5 Å². The molecule has 0 spiro atoms. The summed E-state index contributed by atoms with van der Waals surface area (Å²) in [6, 6.07) is -0.150. The van der Waals surface area contributed by atoms with E-state index in [1.54, 1.807) is 23.1 Å². The van der Waals surface area contributed by atoms with Gasteiger partial charge >= 0.3 is 0 Å². The second kappa shape index (κ2) is 9.46. The van der Waals surface area contributed by atoms with Gasteiger partial charge in [0.25, 0.3) is 10.1 Å². The maximum atomic E-state index is 12.5. The van der Waals surface area contributed by atoms with Crippen LogP contribution in [0.4, 0.5) is 0 Å². The summed E-state index contributed by atoms with van der Waals surface area (Å²) in [4.78, 5) is 1.52. The summed E-state index contributed by atoms with van der Waals surface area (Å²) in [5.74, 6) is 0.890. The highest BCUT2D eigenvalue weighted by molar-refractivity contribution is 7.94. The predicted octanol–water partition coefficient (Wildman–Crippen LogP) is 1.48. The maximum absolute atomic E-state index is 12.5. The van der Waals surface area contributed by atoms with Crippen molar-refractivity contribution in [3.05, 3.63) is 57.8 Å². The van der Waals surface area contributed by atoms with Gasteiger partial charge in [-0.1, -0.05) is 12.2 Å². The number of piperidine rings is 1. The van der Waals surface area contributed by atoms with Crippen LogP contribution in [-0.2, 0) is 20.0 Å². The SMILES string of the molecule is Cl.Cl.O=S(=O)(/C=C/C1=CC2CNC3=CC=CC(=C1S(=O)(=O)O)N32)CC1CCNCC1. The van der Waals surface area contributed by atoms with Crippen molar-refractivity contribution in [2.75, 3.05) is 25.4 Å². The van der Waals surface area contributed by atoms with E-state index in [2.05, 4.69) is 10.6 Å². The number of sulfone groups is 1. The molecule has 0 aromatic carbocycles. The van der Waals surface area contributed by atoms with Crippen molar-refractivity contribution in [1.29, 1.82) is 0 Å². The van der Waals surface area contributed by atoms with Crippen LogP contribution in [0.25, 0.3) is 0 Å². The van der Waals surface area contributed by atoms with Crippen molar-refractivity contribution in [3.8, 4) is 0 Å². The van der Waals surface area contributed by atoms with Gasteiger partial charge in [-0.3, -0.25) is 4.55 Å². The summed E-state index contributed by atoms with van der Waals surface area (Å²) >= 11 is 0. The molecule has 2 fully saturated rings. The first-order valence-electron chi connectivity index (χ1n) is 9.21. The molecule has 4 rings (SSSR count). The molecule has 1 unspecified atom stereocenters. The van der Waals surface area contributed by atoms with E-state index >= 15 is 0 Å². The third-order valence-corrected chi connectivity index (χ3v) is 7.81. The van der Waals surface area contributed by atoms with Crippen molar-refractivity contribution in [2.24, 2.45) is 5.92 Å². The van der Waals surface area contributed by atoms with E-state index in [9.17, 15) is 21.4 Å². The lowest BCUT2D eigenvalue weighted by atomic mass is 10.0. The summed E-state index contributed by atoms with van der Waals surface area (Å²) in [6.45, 7) is 2.18. The Kier molecular flexibility index (Phi) is 7.87. The number of nitrogens with one attached hydrogen (secondary N) is 2. The fourth-order valence-corrected chi connectivity index (χ4v) is 6.41. The average Bonchev–Trinajstić information content (AvgIpc) is 3.04. The Labute approximate surface area is 189 Å². The molecule has 0 aromatic rings. The van der Waals surface area contributed by atoms with Crippen LogP contribution in [0.1, 0.15) is 12.8 Å². The van der Waals surface area contributed by atoms with E-state index < -0.39 is 20.0 Å². The Hall–Kier alpha value is -1.30. The maximum Gasteiger partial charge on any atom is 0.297 e. The number of nitrogens with zero attached hydrogens (tertiary/aromatic N) is 1. The highest BCUT2D eigenvalue weighted by atomic mass is 35.5. The van der Waals surface area contributed by atoms with Crippen molar-refractivity contribution in [1.82, 2.24) is 15.5 Å². The zero-order chi connectivity index (χ0) is 19.9. The van der Waals surface area contributed by atoms with Crippen molar-refractivity contribution in [2.45, 2.75) is 18.9 Å². The van der Waals surface area contributed by atoms with Crippen molar-refractivity contribution in [3.63, 3.8) is 0 Å². The number of hydrogen-bond acceptors (Lipinski definition) is 7. The lowest BCUT2D eigenvalue weighted by Crippen LogP contribution is -2.34. The Morgan fingerprint density at radius 1 is 1.17 bits per heavy atom. The molecule has 3 N–H and O–H groups in total. The predicted molar refractivity (Wildman–Crippen MR) is 121 cm³/mol. The molecule has 0 bridgehead atoms. The van der Waals surface area contributed by atoms with Crippen LogP contribution in [0.2, 0.25) is 0 Å². The van der Waals surface area contributed by atoms with Crippen LogP contribution < -0.4 is 10.6 Å². The standard InChI is InChI=1S/C18H23N3O5S2.2ClH/c22-27(23,12-13-4-7-19-8-5-13)9-6-14-10-15-11-20-17-3-1-2-16(21(15)17)18(14)28(24,25)26;;/h1-3,6,9-10,13,15,19-20H,4-5,7-8,11-12H2,(H,24,25,26);2*1H/b9-6+;;. The molecule has 4 aliphatic heterocycles. The molecule has 1 atom stereocenters. The summed E-state index contributed by atoms with van der Waals surface area (Å²) in [5, 5.41) is 7.46. The van der Waals surface area contributed by atoms with Crippen LogP contribution >= 0.6 is 24.8 Å². The van der Waals surface area contributed by atoms with E-state index in [1.165, 1.54) is 6.08 Å². The average molecular weight is 498 g/mol. The molecule has 0 saturated carbocycles. The van der Waals surface area contributed by atoms with Gasteiger partial charge in [0.1, 0.15) is 10.7 Å². The zero-order valence-electron chi connectivity index (χ0n) is 16.0. The molecule has 0 aromatic heterocycles. The zero-order valence-corrected chi connectivity index (χ0v) is 19.3. The van der Waals surface area contributed by atoms with Gasteiger partial charge in [0, 0.05) is 12.0 Å². The number of halogens is 2. The highest BCUT2D eigenvalue weighted by Crippen LogP contribution is 2.37. The molecule has 4 heterocycles. The van der Waals surface area contributed by atoms with Gasteiger partial charge in [-0.2, -0.15) is 8.42 Å². The Bertz CT molecular complexity index is 1040. The Morgan fingerprint density at radius 3 is 2.53 bits per heavy atom. The van der Waals surface area contributed by atoms with Gasteiger partial charge in [-0.25, -0.2) is 8.42 Å². The fourth-order valence-electron chi connectivity index (χ4n) is 4.09. The molecule has 4 aliphatic rings. The molecule has 0 radical (unpaired) electrons. The first-order chi connectivity index (χ1) is 13.2. The molecular formula is C18H25Cl2N3O5S2. The minimum atomic E-state index is -4.55. The second-order valence-electron chi connectivity index (χ2n) is 7.37. The third kappa shape index (κ3) is 5.12. The summed E-state index contributed by atoms with van der Waals surface area (Å²) in [7, 11) is -8.05. The topological polar surface area (TPSA) is 116 Å². The molecule has 2 saturated heterocycles. The minimum absolute atomic E-state index is 0. The first kappa shape index (κ1) is 25.0. The van der Waals surface area contributed by atoms with Crippen molar-refractivity contribution < 1.29 is 21.4 Å². The van der Waals surface area contributed by atoms with Crippen LogP contribution in [0.5, 0.6) is 0 Å². The fraction of sp³-hybridized carbons (Fsp3) is 0.444. The normalized spacial score (nSPS) is 23.9. The molecule has 168 valence electrons.